The standard InChI is InChI=1S/C26H28N2O9/c1-6-8-17-11-16(13-21(33-4)22(17)36-15(3)24(30)35-7-2)12-19-23(29)28(26(32)27-19)14-18-9-10-20(37-18)25(31)34-5/h6,9-13,15H,1,7-8,14H2,2-5H3,(H,27,32)/b19-12-/t15-/m1/s1. The van der Waals surface area contributed by atoms with Crippen LogP contribution in [0.3, 0.4) is 0 Å². The highest BCUT2D eigenvalue weighted by Crippen LogP contribution is 2.35. The van der Waals surface area contributed by atoms with Crippen LogP contribution in [-0.2, 0) is 32.0 Å². The maximum atomic E-state index is 13.0. The monoisotopic (exact) mass is 512 g/mol. The van der Waals surface area contributed by atoms with Crippen molar-refractivity contribution in [2.75, 3.05) is 20.8 Å². The molecule has 196 valence electrons. The van der Waals surface area contributed by atoms with Gasteiger partial charge in [-0.1, -0.05) is 6.08 Å². The second kappa shape index (κ2) is 11.9. The summed E-state index contributed by atoms with van der Waals surface area (Å²) in [6, 6.07) is 5.59. The topological polar surface area (TPSA) is 134 Å². The van der Waals surface area contributed by atoms with Crippen LogP contribution in [0.15, 0.2) is 47.0 Å². The number of imide groups is 1. The van der Waals surface area contributed by atoms with Gasteiger partial charge in [-0.2, -0.15) is 0 Å². The van der Waals surface area contributed by atoms with Crippen LogP contribution in [0.4, 0.5) is 4.79 Å². The second-order valence-electron chi connectivity index (χ2n) is 7.85. The summed E-state index contributed by atoms with van der Waals surface area (Å²) in [5, 5.41) is 2.54. The zero-order valence-corrected chi connectivity index (χ0v) is 21.0. The van der Waals surface area contributed by atoms with Crippen molar-refractivity contribution in [3.05, 3.63) is 65.3 Å². The summed E-state index contributed by atoms with van der Waals surface area (Å²) < 4.78 is 26.3. The van der Waals surface area contributed by atoms with Crippen LogP contribution < -0.4 is 14.8 Å². The average molecular weight is 513 g/mol. The molecule has 1 N–H and O–H groups in total. The van der Waals surface area contributed by atoms with Gasteiger partial charge in [-0.05, 0) is 56.2 Å². The first-order chi connectivity index (χ1) is 17.7. The third-order valence-electron chi connectivity index (χ3n) is 5.29. The van der Waals surface area contributed by atoms with Crippen molar-refractivity contribution in [3.8, 4) is 11.5 Å². The molecule has 1 aliphatic heterocycles. The van der Waals surface area contributed by atoms with Crippen LogP contribution in [0.25, 0.3) is 6.08 Å². The van der Waals surface area contributed by atoms with E-state index in [0.717, 1.165) is 4.90 Å². The van der Waals surface area contributed by atoms with E-state index in [1.165, 1.54) is 32.4 Å². The van der Waals surface area contributed by atoms with Crippen molar-refractivity contribution in [2.45, 2.75) is 32.9 Å². The van der Waals surface area contributed by atoms with Crippen molar-refractivity contribution < 1.29 is 42.5 Å². The fourth-order valence-corrected chi connectivity index (χ4v) is 3.55. The van der Waals surface area contributed by atoms with Crippen molar-refractivity contribution in [1.29, 1.82) is 0 Å². The van der Waals surface area contributed by atoms with Crippen LogP contribution in [-0.4, -0.2) is 55.7 Å². The van der Waals surface area contributed by atoms with E-state index >= 15 is 0 Å². The van der Waals surface area contributed by atoms with E-state index in [1.54, 1.807) is 32.1 Å². The average Bonchev–Trinajstić information content (AvgIpc) is 3.45. The first-order valence-electron chi connectivity index (χ1n) is 11.4. The minimum atomic E-state index is -0.882. The maximum Gasteiger partial charge on any atom is 0.373 e. The molecule has 11 nitrogen and oxygen atoms in total. The van der Waals surface area contributed by atoms with Crippen LogP contribution in [0.2, 0.25) is 0 Å². The predicted octanol–water partition coefficient (Wildman–Crippen LogP) is 3.23. The van der Waals surface area contributed by atoms with Crippen molar-refractivity contribution in [1.82, 2.24) is 10.2 Å². The molecule has 3 rings (SSSR count). The molecule has 0 unspecified atom stereocenters. The van der Waals surface area contributed by atoms with Crippen molar-refractivity contribution in [2.24, 2.45) is 0 Å². The Hall–Kier alpha value is -4.54. The number of carbonyl (C=O) groups excluding carboxylic acids is 4. The Morgan fingerprint density at radius 3 is 2.62 bits per heavy atom. The molecule has 2 heterocycles. The molecule has 0 radical (unpaired) electrons. The number of carbonyl (C=O) groups is 4. The zero-order valence-electron chi connectivity index (χ0n) is 21.0. The highest BCUT2D eigenvalue weighted by molar-refractivity contribution is 6.13. The van der Waals surface area contributed by atoms with Gasteiger partial charge < -0.3 is 28.7 Å². The number of urea groups is 1. The third-order valence-corrected chi connectivity index (χ3v) is 5.29. The highest BCUT2D eigenvalue weighted by Gasteiger charge is 2.34. The molecule has 1 fully saturated rings. The highest BCUT2D eigenvalue weighted by atomic mass is 16.6. The van der Waals surface area contributed by atoms with Crippen LogP contribution in [0.1, 0.15) is 41.3 Å². The largest absolute Gasteiger partial charge is 0.493 e. The van der Waals surface area contributed by atoms with E-state index in [2.05, 4.69) is 16.6 Å². The fourth-order valence-electron chi connectivity index (χ4n) is 3.55. The summed E-state index contributed by atoms with van der Waals surface area (Å²) in [5.41, 5.74) is 1.23. The lowest BCUT2D eigenvalue weighted by Gasteiger charge is -2.19. The number of esters is 2. The summed E-state index contributed by atoms with van der Waals surface area (Å²) in [4.78, 5) is 50.0. The van der Waals surface area contributed by atoms with Gasteiger partial charge in [-0.25, -0.2) is 14.4 Å². The summed E-state index contributed by atoms with van der Waals surface area (Å²) in [5.74, 6) is -0.914. The Morgan fingerprint density at radius 1 is 1.22 bits per heavy atom. The number of ether oxygens (including phenoxy) is 4. The summed E-state index contributed by atoms with van der Waals surface area (Å²) in [6.07, 6.45) is 2.65. The summed E-state index contributed by atoms with van der Waals surface area (Å²) in [7, 11) is 2.66. The number of benzene rings is 1. The molecule has 1 saturated heterocycles. The molecule has 37 heavy (non-hydrogen) atoms. The number of nitrogens with zero attached hydrogens (tertiary/aromatic N) is 1. The molecule has 1 aromatic heterocycles. The molecule has 0 bridgehead atoms. The van der Waals surface area contributed by atoms with Crippen LogP contribution in [0.5, 0.6) is 11.5 Å². The molecule has 0 spiro atoms. The molecule has 1 aliphatic rings. The molecule has 11 heteroatoms. The predicted molar refractivity (Wildman–Crippen MR) is 131 cm³/mol. The van der Waals surface area contributed by atoms with Gasteiger partial charge in [0.25, 0.3) is 5.91 Å². The van der Waals surface area contributed by atoms with E-state index in [9.17, 15) is 19.2 Å². The lowest BCUT2D eigenvalue weighted by molar-refractivity contribution is -0.150. The third kappa shape index (κ3) is 6.18. The molecule has 0 aliphatic carbocycles. The van der Waals surface area contributed by atoms with Crippen LogP contribution in [0, 0.1) is 0 Å². The molecule has 1 atom stereocenters. The second-order valence-corrected chi connectivity index (χ2v) is 7.85. The molecule has 0 saturated carbocycles. The smallest absolute Gasteiger partial charge is 0.373 e. The van der Waals surface area contributed by atoms with E-state index < -0.39 is 30.0 Å². The number of allylic oxidation sites excluding steroid dienone is 1. The van der Waals surface area contributed by atoms with Gasteiger partial charge in [0.05, 0.1) is 27.4 Å². The minimum Gasteiger partial charge on any atom is -0.493 e. The molecular formula is C26H28N2O9. The lowest BCUT2D eigenvalue weighted by atomic mass is 10.0. The Morgan fingerprint density at radius 2 is 1.97 bits per heavy atom. The quantitative estimate of drug-likeness (QED) is 0.208. The number of methoxy groups -OCH3 is 2. The fraction of sp³-hybridized carbons (Fsp3) is 0.308. The van der Waals surface area contributed by atoms with Gasteiger partial charge in [-0.15, -0.1) is 6.58 Å². The lowest BCUT2D eigenvalue weighted by Crippen LogP contribution is -2.30. The summed E-state index contributed by atoms with van der Waals surface area (Å²) in [6.45, 7) is 7.08. The summed E-state index contributed by atoms with van der Waals surface area (Å²) >= 11 is 0. The van der Waals surface area contributed by atoms with Crippen molar-refractivity contribution >= 4 is 30.0 Å². The van der Waals surface area contributed by atoms with E-state index in [-0.39, 0.29) is 30.4 Å². The Kier molecular flexibility index (Phi) is 8.72. The minimum absolute atomic E-state index is 0.0323. The number of hydrogen-bond donors (Lipinski definition) is 1. The van der Waals surface area contributed by atoms with E-state index in [0.29, 0.717) is 29.0 Å². The molecule has 1 aromatic carbocycles. The van der Waals surface area contributed by atoms with E-state index in [4.69, 9.17) is 18.6 Å². The van der Waals surface area contributed by atoms with Crippen molar-refractivity contribution in [3.63, 3.8) is 0 Å². The van der Waals surface area contributed by atoms with Gasteiger partial charge in [0.15, 0.2) is 17.6 Å². The Balaban J connectivity index is 1.87. The van der Waals surface area contributed by atoms with Gasteiger partial charge in [0.1, 0.15) is 11.5 Å². The van der Waals surface area contributed by atoms with E-state index in [1.807, 2.05) is 0 Å². The molecule has 2 aromatic rings. The Bertz CT molecular complexity index is 1240. The number of hydrogen-bond acceptors (Lipinski definition) is 9. The first kappa shape index (κ1) is 27.1. The molecular weight excluding hydrogens is 484 g/mol. The van der Waals surface area contributed by atoms with Gasteiger partial charge in [-0.3, -0.25) is 9.69 Å². The van der Waals surface area contributed by atoms with Gasteiger partial charge in [0.2, 0.25) is 5.76 Å². The zero-order chi connectivity index (χ0) is 27.1. The maximum absolute atomic E-state index is 13.0. The number of rotatable bonds is 11. The Labute approximate surface area is 213 Å². The first-order valence-corrected chi connectivity index (χ1v) is 11.4. The normalized spacial score (nSPS) is 14.8. The number of furan rings is 1. The SMILES string of the molecule is C=CCc1cc(/C=C2\NC(=O)N(Cc3ccc(C(=O)OC)o3)C2=O)cc(OC)c1O[C@H](C)C(=O)OCC. The van der Waals surface area contributed by atoms with Gasteiger partial charge >= 0.3 is 18.0 Å². The van der Waals surface area contributed by atoms with Gasteiger partial charge in [0, 0.05) is 5.56 Å². The number of amides is 3. The molecule has 3 amide bonds. The van der Waals surface area contributed by atoms with Crippen LogP contribution >= 0.6 is 0 Å². The number of nitrogens with one attached hydrogen (secondary N) is 1.